The highest BCUT2D eigenvalue weighted by Crippen LogP contribution is 2.22. The van der Waals surface area contributed by atoms with Crippen molar-refractivity contribution in [2.45, 2.75) is 31.7 Å². The first kappa shape index (κ1) is 12.0. The lowest BCUT2D eigenvalue weighted by atomic mass is 10.00. The Balaban J connectivity index is 2.08. The van der Waals surface area contributed by atoms with E-state index in [4.69, 9.17) is 0 Å². The number of piperidine rings is 1. The summed E-state index contributed by atoms with van der Waals surface area (Å²) in [7, 11) is 0. The maximum absolute atomic E-state index is 12.2. The summed E-state index contributed by atoms with van der Waals surface area (Å²) in [4.78, 5) is 14.1. The van der Waals surface area contributed by atoms with Gasteiger partial charge in [-0.1, -0.05) is 20.4 Å². The van der Waals surface area contributed by atoms with E-state index in [1.807, 2.05) is 4.90 Å². The van der Waals surface area contributed by atoms with Crippen molar-refractivity contribution in [3.63, 3.8) is 0 Å². The molecule has 0 spiro atoms. The van der Waals surface area contributed by atoms with Gasteiger partial charge >= 0.3 is 0 Å². The van der Waals surface area contributed by atoms with Crippen LogP contribution in [0.5, 0.6) is 0 Å². The van der Waals surface area contributed by atoms with Crippen LogP contribution in [0.3, 0.4) is 0 Å². The number of carbonyl (C=O) groups is 1. The molecule has 0 aliphatic carbocycles. The van der Waals surface area contributed by atoms with Gasteiger partial charge in [0.15, 0.2) is 5.69 Å². The topological polar surface area (TPSA) is 46.1 Å². The highest BCUT2D eigenvalue weighted by atomic mass is 79.9. The quantitative estimate of drug-likeness (QED) is 0.805. The molecule has 1 fully saturated rings. The minimum absolute atomic E-state index is 0.0411. The number of hydrogen-bond donors (Lipinski definition) is 0. The predicted molar refractivity (Wildman–Crippen MR) is 67.0 cm³/mol. The van der Waals surface area contributed by atoms with E-state index in [1.54, 1.807) is 5.38 Å². The number of nitrogens with zero attached hydrogens (tertiary/aromatic N) is 3. The molecular weight excluding hydrogens is 290 g/mol. The number of hydrogen-bond acceptors (Lipinski definition) is 4. The lowest BCUT2D eigenvalue weighted by molar-refractivity contribution is 0.0604. The maximum atomic E-state index is 12.2. The van der Waals surface area contributed by atoms with Crippen molar-refractivity contribution in [2.24, 2.45) is 0 Å². The molecule has 4 nitrogen and oxygen atoms in total. The standard InChI is InChI=1S/C10H14BrN3OS/c11-5-4-8-3-1-2-6-14(8)10(15)9-7-16-13-12-9/h7-8H,1-6H2. The minimum Gasteiger partial charge on any atom is -0.334 e. The zero-order valence-corrected chi connectivity index (χ0v) is 11.3. The largest absolute Gasteiger partial charge is 0.334 e. The summed E-state index contributed by atoms with van der Waals surface area (Å²) < 4.78 is 3.74. The predicted octanol–water partition coefficient (Wildman–Crippen LogP) is 2.32. The molecule has 0 bridgehead atoms. The van der Waals surface area contributed by atoms with E-state index in [2.05, 4.69) is 25.5 Å². The average Bonchev–Trinajstić information content (AvgIpc) is 2.83. The lowest BCUT2D eigenvalue weighted by Crippen LogP contribution is -2.44. The molecule has 0 aromatic carbocycles. The van der Waals surface area contributed by atoms with Crippen LogP contribution in [-0.4, -0.2) is 38.3 Å². The Hall–Kier alpha value is -0.490. The fourth-order valence-corrected chi connectivity index (χ4v) is 3.06. The van der Waals surface area contributed by atoms with Crippen LogP contribution >= 0.6 is 27.5 Å². The number of amides is 1. The van der Waals surface area contributed by atoms with Crippen molar-refractivity contribution in [1.29, 1.82) is 0 Å². The van der Waals surface area contributed by atoms with Crippen molar-refractivity contribution < 1.29 is 4.79 Å². The molecule has 0 saturated carbocycles. The van der Waals surface area contributed by atoms with Gasteiger partial charge in [-0.3, -0.25) is 4.79 Å². The van der Waals surface area contributed by atoms with E-state index >= 15 is 0 Å². The normalized spacial score (nSPS) is 21.1. The summed E-state index contributed by atoms with van der Waals surface area (Å²) in [6.45, 7) is 0.855. The van der Waals surface area contributed by atoms with Crippen LogP contribution in [0.1, 0.15) is 36.2 Å². The molecule has 0 radical (unpaired) electrons. The molecule has 1 aliphatic rings. The fourth-order valence-electron chi connectivity index (χ4n) is 2.10. The van der Waals surface area contributed by atoms with Gasteiger partial charge in [0.05, 0.1) is 0 Å². The Bertz CT molecular complexity index is 342. The second-order valence-electron chi connectivity index (χ2n) is 3.92. The second kappa shape index (κ2) is 5.72. The van der Waals surface area contributed by atoms with Crippen molar-refractivity contribution >= 4 is 33.4 Å². The van der Waals surface area contributed by atoms with Crippen LogP contribution in [0, 0.1) is 0 Å². The van der Waals surface area contributed by atoms with E-state index in [9.17, 15) is 4.79 Å². The van der Waals surface area contributed by atoms with E-state index in [-0.39, 0.29) is 5.91 Å². The number of aromatic nitrogens is 2. The molecular formula is C10H14BrN3OS. The van der Waals surface area contributed by atoms with Gasteiger partial charge in [0.1, 0.15) is 0 Å². The highest BCUT2D eigenvalue weighted by molar-refractivity contribution is 9.09. The van der Waals surface area contributed by atoms with E-state index < -0.39 is 0 Å². The van der Waals surface area contributed by atoms with Crippen molar-refractivity contribution in [1.82, 2.24) is 14.5 Å². The Kier molecular flexibility index (Phi) is 4.29. The molecule has 88 valence electrons. The molecule has 1 aliphatic heterocycles. The molecule has 2 heterocycles. The lowest BCUT2D eigenvalue weighted by Gasteiger charge is -2.35. The number of alkyl halides is 1. The van der Waals surface area contributed by atoms with Crippen LogP contribution in [0.4, 0.5) is 0 Å². The Labute approximate surface area is 107 Å². The smallest absolute Gasteiger partial charge is 0.275 e. The summed E-state index contributed by atoms with van der Waals surface area (Å²) in [5, 5.41) is 6.52. The Morgan fingerprint density at radius 2 is 2.50 bits per heavy atom. The third-order valence-electron chi connectivity index (χ3n) is 2.91. The first-order valence-corrected chi connectivity index (χ1v) is 7.42. The molecule has 0 N–H and O–H groups in total. The first-order valence-electron chi connectivity index (χ1n) is 5.47. The number of likely N-dealkylation sites (tertiary alicyclic amines) is 1. The second-order valence-corrected chi connectivity index (χ2v) is 5.32. The molecule has 6 heteroatoms. The third-order valence-corrected chi connectivity index (χ3v) is 3.87. The van der Waals surface area contributed by atoms with Crippen LogP contribution in [0.2, 0.25) is 0 Å². The van der Waals surface area contributed by atoms with Crippen molar-refractivity contribution in [3.05, 3.63) is 11.1 Å². The van der Waals surface area contributed by atoms with Crippen LogP contribution in [0.15, 0.2) is 5.38 Å². The van der Waals surface area contributed by atoms with Crippen LogP contribution in [0.25, 0.3) is 0 Å². The summed E-state index contributed by atoms with van der Waals surface area (Å²) in [5.74, 6) is 0.0411. The molecule has 16 heavy (non-hydrogen) atoms. The highest BCUT2D eigenvalue weighted by Gasteiger charge is 2.27. The Morgan fingerprint density at radius 3 is 3.19 bits per heavy atom. The summed E-state index contributed by atoms with van der Waals surface area (Å²) in [6.07, 6.45) is 4.44. The van der Waals surface area contributed by atoms with Gasteiger partial charge in [-0.2, -0.15) is 0 Å². The van der Waals surface area contributed by atoms with E-state index in [0.29, 0.717) is 11.7 Å². The molecule has 1 aromatic rings. The first-order chi connectivity index (χ1) is 7.83. The average molecular weight is 304 g/mol. The van der Waals surface area contributed by atoms with E-state index in [0.717, 1.165) is 31.1 Å². The monoisotopic (exact) mass is 303 g/mol. The third kappa shape index (κ3) is 2.60. The molecule has 2 rings (SSSR count). The van der Waals surface area contributed by atoms with Gasteiger partial charge in [0.25, 0.3) is 5.91 Å². The number of rotatable bonds is 3. The molecule has 1 saturated heterocycles. The van der Waals surface area contributed by atoms with E-state index in [1.165, 1.54) is 18.0 Å². The van der Waals surface area contributed by atoms with Crippen molar-refractivity contribution in [2.75, 3.05) is 11.9 Å². The summed E-state index contributed by atoms with van der Waals surface area (Å²) in [6, 6.07) is 0.363. The molecule has 1 unspecified atom stereocenters. The summed E-state index contributed by atoms with van der Waals surface area (Å²) >= 11 is 4.68. The van der Waals surface area contributed by atoms with Gasteiger partial charge in [-0.15, -0.1) is 5.10 Å². The van der Waals surface area contributed by atoms with Gasteiger partial charge in [0, 0.05) is 23.3 Å². The number of carbonyl (C=O) groups excluding carboxylic acids is 1. The van der Waals surface area contributed by atoms with Crippen LogP contribution in [-0.2, 0) is 0 Å². The summed E-state index contributed by atoms with van der Waals surface area (Å²) in [5.41, 5.74) is 0.492. The Morgan fingerprint density at radius 1 is 1.62 bits per heavy atom. The van der Waals surface area contributed by atoms with Gasteiger partial charge in [-0.25, -0.2) is 0 Å². The van der Waals surface area contributed by atoms with Gasteiger partial charge in [-0.05, 0) is 37.2 Å². The number of halogens is 1. The van der Waals surface area contributed by atoms with Crippen molar-refractivity contribution in [3.8, 4) is 0 Å². The molecule has 1 amide bonds. The van der Waals surface area contributed by atoms with Gasteiger partial charge < -0.3 is 4.90 Å². The van der Waals surface area contributed by atoms with Gasteiger partial charge in [0.2, 0.25) is 0 Å². The zero-order chi connectivity index (χ0) is 11.4. The van der Waals surface area contributed by atoms with Crippen LogP contribution < -0.4 is 0 Å². The molecule has 1 aromatic heterocycles. The zero-order valence-electron chi connectivity index (χ0n) is 8.93. The minimum atomic E-state index is 0.0411. The molecule has 1 atom stereocenters. The SMILES string of the molecule is O=C(c1csnn1)N1CCCCC1CCBr. The maximum Gasteiger partial charge on any atom is 0.275 e. The fraction of sp³-hybridized carbons (Fsp3) is 0.700.